The average Bonchev–Trinajstić information content (AvgIpc) is 3.09. The van der Waals surface area contributed by atoms with Gasteiger partial charge in [0.15, 0.2) is 6.61 Å². The van der Waals surface area contributed by atoms with Gasteiger partial charge in [-0.1, -0.05) is 5.16 Å². The van der Waals surface area contributed by atoms with Crippen molar-refractivity contribution in [2.75, 3.05) is 14.2 Å². The molecule has 0 saturated heterocycles. The van der Waals surface area contributed by atoms with Crippen molar-refractivity contribution in [2.45, 2.75) is 6.61 Å². The van der Waals surface area contributed by atoms with E-state index in [-0.39, 0.29) is 6.61 Å². The number of aromatic nitrogens is 2. The maximum absolute atomic E-state index is 5.61. The Morgan fingerprint density at radius 2 is 1.39 bits per heavy atom. The van der Waals surface area contributed by atoms with Crippen LogP contribution in [0.25, 0.3) is 11.4 Å². The third kappa shape index (κ3) is 3.60. The first-order valence-corrected chi connectivity index (χ1v) is 7.02. The molecule has 0 N–H and O–H groups in total. The van der Waals surface area contributed by atoms with Gasteiger partial charge in [-0.3, -0.25) is 0 Å². The van der Waals surface area contributed by atoms with Crippen LogP contribution in [0.4, 0.5) is 0 Å². The van der Waals surface area contributed by atoms with Gasteiger partial charge in [0, 0.05) is 5.56 Å². The van der Waals surface area contributed by atoms with Gasteiger partial charge in [-0.05, 0) is 48.5 Å². The number of benzene rings is 2. The number of hydrogen-bond donors (Lipinski definition) is 0. The molecule has 0 unspecified atom stereocenters. The zero-order valence-corrected chi connectivity index (χ0v) is 12.9. The Morgan fingerprint density at radius 1 is 0.826 bits per heavy atom. The van der Waals surface area contributed by atoms with E-state index in [1.807, 2.05) is 48.5 Å². The third-order valence-corrected chi connectivity index (χ3v) is 3.24. The van der Waals surface area contributed by atoms with Gasteiger partial charge in [0.25, 0.3) is 5.89 Å². The maximum atomic E-state index is 5.61. The summed E-state index contributed by atoms with van der Waals surface area (Å²) in [5, 5.41) is 3.95. The Bertz CT molecular complexity index is 751. The molecule has 0 saturated carbocycles. The monoisotopic (exact) mass is 312 g/mol. The largest absolute Gasteiger partial charge is 0.497 e. The Balaban J connectivity index is 1.64. The molecule has 3 rings (SSSR count). The second-order valence-electron chi connectivity index (χ2n) is 4.70. The van der Waals surface area contributed by atoms with Crippen LogP contribution in [0, 0.1) is 0 Å². The summed E-state index contributed by atoms with van der Waals surface area (Å²) in [4.78, 5) is 4.32. The van der Waals surface area contributed by atoms with E-state index in [2.05, 4.69) is 10.1 Å². The fraction of sp³-hybridized carbons (Fsp3) is 0.176. The van der Waals surface area contributed by atoms with E-state index >= 15 is 0 Å². The Hall–Kier alpha value is -3.02. The van der Waals surface area contributed by atoms with Crippen molar-refractivity contribution in [3.8, 4) is 28.6 Å². The van der Waals surface area contributed by atoms with Crippen LogP contribution in [0.3, 0.4) is 0 Å². The molecule has 0 bridgehead atoms. The van der Waals surface area contributed by atoms with E-state index in [1.165, 1.54) is 0 Å². The molecule has 23 heavy (non-hydrogen) atoms. The highest BCUT2D eigenvalue weighted by Crippen LogP contribution is 2.21. The van der Waals surface area contributed by atoms with Crippen LogP contribution < -0.4 is 14.2 Å². The normalized spacial score (nSPS) is 10.3. The maximum Gasteiger partial charge on any atom is 0.264 e. The highest BCUT2D eigenvalue weighted by atomic mass is 16.5. The molecule has 0 fully saturated rings. The van der Waals surface area contributed by atoms with Gasteiger partial charge >= 0.3 is 0 Å². The molecule has 118 valence electrons. The summed E-state index contributed by atoms with van der Waals surface area (Å²) < 4.78 is 21.0. The SMILES string of the molecule is COc1ccc(OCc2nc(-c3ccc(OC)cc3)no2)cc1. The lowest BCUT2D eigenvalue weighted by Gasteiger charge is -2.04. The van der Waals surface area contributed by atoms with Crippen molar-refractivity contribution >= 4 is 0 Å². The molecule has 1 heterocycles. The minimum Gasteiger partial charge on any atom is -0.497 e. The highest BCUT2D eigenvalue weighted by molar-refractivity contribution is 5.55. The van der Waals surface area contributed by atoms with Crippen molar-refractivity contribution in [2.24, 2.45) is 0 Å². The van der Waals surface area contributed by atoms with Crippen molar-refractivity contribution < 1.29 is 18.7 Å². The van der Waals surface area contributed by atoms with Gasteiger partial charge in [0.2, 0.25) is 5.82 Å². The summed E-state index contributed by atoms with van der Waals surface area (Å²) in [6.07, 6.45) is 0. The zero-order chi connectivity index (χ0) is 16.1. The molecule has 0 atom stereocenters. The van der Waals surface area contributed by atoms with Crippen molar-refractivity contribution in [1.82, 2.24) is 10.1 Å². The van der Waals surface area contributed by atoms with Gasteiger partial charge in [0.1, 0.15) is 17.2 Å². The molecule has 0 spiro atoms. The molecule has 6 nitrogen and oxygen atoms in total. The number of rotatable bonds is 6. The molecule has 2 aromatic carbocycles. The van der Waals surface area contributed by atoms with Crippen LogP contribution >= 0.6 is 0 Å². The quantitative estimate of drug-likeness (QED) is 0.695. The number of nitrogens with zero attached hydrogens (tertiary/aromatic N) is 2. The Morgan fingerprint density at radius 3 is 2.00 bits per heavy atom. The molecule has 0 aliphatic rings. The van der Waals surface area contributed by atoms with Crippen LogP contribution in [0.15, 0.2) is 53.1 Å². The molecule has 3 aromatic rings. The summed E-state index contributed by atoms with van der Waals surface area (Å²) in [5.74, 6) is 3.18. The number of methoxy groups -OCH3 is 2. The average molecular weight is 312 g/mol. The lowest BCUT2D eigenvalue weighted by molar-refractivity contribution is 0.242. The number of ether oxygens (including phenoxy) is 3. The van der Waals surface area contributed by atoms with E-state index in [0.29, 0.717) is 17.5 Å². The lowest BCUT2D eigenvalue weighted by Crippen LogP contribution is -1.95. The Labute approximate surface area is 133 Å². The molecular weight excluding hydrogens is 296 g/mol. The molecular formula is C17H16N2O4. The van der Waals surface area contributed by atoms with E-state index in [9.17, 15) is 0 Å². The molecule has 0 amide bonds. The fourth-order valence-electron chi connectivity index (χ4n) is 1.99. The molecule has 0 radical (unpaired) electrons. The summed E-state index contributed by atoms with van der Waals surface area (Å²) in [7, 11) is 3.24. The second kappa shape index (κ2) is 6.83. The van der Waals surface area contributed by atoms with Gasteiger partial charge in [-0.2, -0.15) is 4.98 Å². The summed E-state index contributed by atoms with van der Waals surface area (Å²) in [5.41, 5.74) is 0.852. The van der Waals surface area contributed by atoms with Gasteiger partial charge < -0.3 is 18.7 Å². The summed E-state index contributed by atoms with van der Waals surface area (Å²) >= 11 is 0. The third-order valence-electron chi connectivity index (χ3n) is 3.24. The minimum atomic E-state index is 0.204. The van der Waals surface area contributed by atoms with Gasteiger partial charge in [0.05, 0.1) is 14.2 Å². The van der Waals surface area contributed by atoms with Gasteiger partial charge in [-0.15, -0.1) is 0 Å². The van der Waals surface area contributed by atoms with Crippen molar-refractivity contribution in [1.29, 1.82) is 0 Å². The van der Waals surface area contributed by atoms with E-state index in [1.54, 1.807) is 14.2 Å². The molecule has 0 aliphatic carbocycles. The van der Waals surface area contributed by atoms with Gasteiger partial charge in [-0.25, -0.2) is 0 Å². The topological polar surface area (TPSA) is 66.6 Å². The molecule has 0 aliphatic heterocycles. The minimum absolute atomic E-state index is 0.204. The Kier molecular flexibility index (Phi) is 4.42. The molecule has 1 aromatic heterocycles. The van der Waals surface area contributed by atoms with E-state index in [0.717, 1.165) is 17.1 Å². The van der Waals surface area contributed by atoms with Crippen LogP contribution in [0.2, 0.25) is 0 Å². The van der Waals surface area contributed by atoms with Crippen molar-refractivity contribution in [3.05, 3.63) is 54.4 Å². The summed E-state index contributed by atoms with van der Waals surface area (Å²) in [6.45, 7) is 0.204. The predicted octanol–water partition coefficient (Wildman–Crippen LogP) is 3.33. The second-order valence-corrected chi connectivity index (χ2v) is 4.70. The lowest BCUT2D eigenvalue weighted by atomic mass is 10.2. The smallest absolute Gasteiger partial charge is 0.264 e. The van der Waals surface area contributed by atoms with E-state index in [4.69, 9.17) is 18.7 Å². The highest BCUT2D eigenvalue weighted by Gasteiger charge is 2.09. The standard InChI is InChI=1S/C17H16N2O4/c1-20-13-5-3-12(4-6-13)17-18-16(23-19-17)11-22-15-9-7-14(21-2)8-10-15/h3-10H,11H2,1-2H3. The van der Waals surface area contributed by atoms with E-state index < -0.39 is 0 Å². The van der Waals surface area contributed by atoms with Crippen LogP contribution in [-0.4, -0.2) is 24.4 Å². The fourth-order valence-corrected chi connectivity index (χ4v) is 1.99. The first kappa shape index (κ1) is 14.9. The first-order valence-electron chi connectivity index (χ1n) is 7.02. The predicted molar refractivity (Wildman–Crippen MR) is 83.6 cm³/mol. The first-order chi connectivity index (χ1) is 11.3. The molecule has 6 heteroatoms. The zero-order valence-electron chi connectivity index (χ0n) is 12.9. The number of hydrogen-bond acceptors (Lipinski definition) is 6. The van der Waals surface area contributed by atoms with Crippen LogP contribution in [0.1, 0.15) is 5.89 Å². The summed E-state index contributed by atoms with van der Waals surface area (Å²) in [6, 6.07) is 14.7. The van der Waals surface area contributed by atoms with Crippen LogP contribution in [0.5, 0.6) is 17.2 Å². The van der Waals surface area contributed by atoms with Crippen molar-refractivity contribution in [3.63, 3.8) is 0 Å². The van der Waals surface area contributed by atoms with Crippen LogP contribution in [-0.2, 0) is 6.61 Å².